The van der Waals surface area contributed by atoms with Crippen LogP contribution in [0.5, 0.6) is 0 Å². The van der Waals surface area contributed by atoms with Gasteiger partial charge >= 0.3 is 0 Å². The molecule has 0 amide bonds. The van der Waals surface area contributed by atoms with Gasteiger partial charge in [0.15, 0.2) is 0 Å². The van der Waals surface area contributed by atoms with Gasteiger partial charge in [0.1, 0.15) is 0 Å². The molecule has 0 aliphatic carbocycles. The Balaban J connectivity index is 1.92. The first-order chi connectivity index (χ1) is 10.5. The van der Waals surface area contributed by atoms with Gasteiger partial charge in [0.05, 0.1) is 0 Å². The fourth-order valence-electron chi connectivity index (χ4n) is 3.33. The second-order valence-electron chi connectivity index (χ2n) is 6.78. The van der Waals surface area contributed by atoms with Crippen molar-refractivity contribution in [3.05, 3.63) is 69.8 Å². The van der Waals surface area contributed by atoms with Crippen molar-refractivity contribution in [3.8, 4) is 0 Å². The summed E-state index contributed by atoms with van der Waals surface area (Å²) in [5.41, 5.74) is 8.91. The van der Waals surface area contributed by atoms with Crippen LogP contribution in [0.25, 0.3) is 0 Å². The Morgan fingerprint density at radius 3 is 2.50 bits per heavy atom. The maximum atomic E-state index is 2.43. The number of benzene rings is 2. The average molecular weight is 311 g/mol. The van der Waals surface area contributed by atoms with Crippen LogP contribution in [0.2, 0.25) is 0 Å². The fourth-order valence-corrected chi connectivity index (χ4v) is 4.62. The van der Waals surface area contributed by atoms with Crippen LogP contribution in [-0.2, 0) is 23.3 Å². The summed E-state index contributed by atoms with van der Waals surface area (Å²) in [6.45, 7) is 9.13. The van der Waals surface area contributed by atoms with Crippen molar-refractivity contribution >= 4 is 11.8 Å². The first-order valence-corrected chi connectivity index (χ1v) is 9.33. The van der Waals surface area contributed by atoms with Crippen LogP contribution in [0.1, 0.15) is 53.6 Å². The van der Waals surface area contributed by atoms with E-state index in [9.17, 15) is 0 Å². The third-order valence-corrected chi connectivity index (χ3v) is 6.71. The standard InChI is InChI=1S/C21H26S/c1-5-17-7-6-8-20(13-17)21(4)10-9-18-11-15(2)16(3)12-19(18)14-22-21/h6-8,11-13H,5,9-10,14H2,1-4H3. The molecule has 0 saturated heterocycles. The summed E-state index contributed by atoms with van der Waals surface area (Å²) in [5.74, 6) is 1.13. The van der Waals surface area contributed by atoms with E-state index in [1.165, 1.54) is 35.1 Å². The number of thioether (sulfide) groups is 1. The van der Waals surface area contributed by atoms with Crippen molar-refractivity contribution in [2.45, 2.75) is 57.5 Å². The normalized spacial score (nSPS) is 21.3. The number of rotatable bonds is 2. The van der Waals surface area contributed by atoms with Crippen molar-refractivity contribution in [2.75, 3.05) is 0 Å². The Morgan fingerprint density at radius 1 is 1.05 bits per heavy atom. The smallest absolute Gasteiger partial charge is 0.0386 e. The predicted molar refractivity (Wildman–Crippen MR) is 98.7 cm³/mol. The molecule has 2 aromatic rings. The highest BCUT2D eigenvalue weighted by molar-refractivity contribution is 7.99. The lowest BCUT2D eigenvalue weighted by atomic mass is 9.90. The van der Waals surface area contributed by atoms with Gasteiger partial charge in [-0.3, -0.25) is 0 Å². The van der Waals surface area contributed by atoms with Crippen LogP contribution in [-0.4, -0.2) is 0 Å². The molecule has 1 aliphatic heterocycles. The van der Waals surface area contributed by atoms with E-state index < -0.39 is 0 Å². The molecular formula is C21H26S. The summed E-state index contributed by atoms with van der Waals surface area (Å²) in [7, 11) is 0. The van der Waals surface area contributed by atoms with E-state index in [1.807, 2.05) is 0 Å². The summed E-state index contributed by atoms with van der Waals surface area (Å²) in [5, 5.41) is 0. The Labute approximate surface area is 139 Å². The molecule has 116 valence electrons. The first-order valence-electron chi connectivity index (χ1n) is 8.34. The van der Waals surface area contributed by atoms with E-state index in [0.717, 1.165) is 12.2 Å². The molecule has 1 heteroatoms. The molecule has 0 aromatic heterocycles. The molecule has 0 spiro atoms. The van der Waals surface area contributed by atoms with E-state index in [4.69, 9.17) is 0 Å². The van der Waals surface area contributed by atoms with E-state index in [1.54, 1.807) is 11.1 Å². The van der Waals surface area contributed by atoms with Crippen LogP contribution in [0.4, 0.5) is 0 Å². The van der Waals surface area contributed by atoms with Gasteiger partial charge in [-0.1, -0.05) is 43.3 Å². The monoisotopic (exact) mass is 310 g/mol. The van der Waals surface area contributed by atoms with E-state index in [0.29, 0.717) is 0 Å². The van der Waals surface area contributed by atoms with Gasteiger partial charge < -0.3 is 0 Å². The zero-order chi connectivity index (χ0) is 15.7. The van der Waals surface area contributed by atoms with Gasteiger partial charge in [0.25, 0.3) is 0 Å². The maximum Gasteiger partial charge on any atom is 0.0386 e. The summed E-state index contributed by atoms with van der Waals surface area (Å²) < 4.78 is 0.228. The van der Waals surface area contributed by atoms with Crippen LogP contribution >= 0.6 is 11.8 Å². The largest absolute Gasteiger partial charge is 0.146 e. The van der Waals surface area contributed by atoms with Crippen LogP contribution in [0.3, 0.4) is 0 Å². The lowest BCUT2D eigenvalue weighted by Gasteiger charge is -2.28. The zero-order valence-corrected chi connectivity index (χ0v) is 15.0. The van der Waals surface area contributed by atoms with E-state index >= 15 is 0 Å². The molecule has 0 bridgehead atoms. The third-order valence-electron chi connectivity index (χ3n) is 5.18. The summed E-state index contributed by atoms with van der Waals surface area (Å²) in [6, 6.07) is 14.0. The molecular weight excluding hydrogens is 284 g/mol. The van der Waals surface area contributed by atoms with Crippen LogP contribution < -0.4 is 0 Å². The quantitative estimate of drug-likeness (QED) is 0.659. The average Bonchev–Trinajstić information content (AvgIpc) is 2.69. The molecule has 0 saturated carbocycles. The van der Waals surface area contributed by atoms with Crippen molar-refractivity contribution in [1.82, 2.24) is 0 Å². The minimum absolute atomic E-state index is 0.228. The van der Waals surface area contributed by atoms with Crippen molar-refractivity contribution in [3.63, 3.8) is 0 Å². The molecule has 1 aliphatic rings. The molecule has 0 N–H and O–H groups in total. The van der Waals surface area contributed by atoms with E-state index in [-0.39, 0.29) is 4.75 Å². The Bertz CT molecular complexity index is 651. The molecule has 1 unspecified atom stereocenters. The topological polar surface area (TPSA) is 0 Å². The van der Waals surface area contributed by atoms with Gasteiger partial charge in [-0.15, -0.1) is 11.8 Å². The molecule has 0 radical (unpaired) electrons. The van der Waals surface area contributed by atoms with Gasteiger partial charge in [-0.05, 0) is 73.4 Å². The predicted octanol–water partition coefficient (Wildman–Crippen LogP) is 5.96. The van der Waals surface area contributed by atoms with Gasteiger partial charge in [0.2, 0.25) is 0 Å². The zero-order valence-electron chi connectivity index (χ0n) is 14.2. The summed E-state index contributed by atoms with van der Waals surface area (Å²) in [6.07, 6.45) is 3.53. The minimum Gasteiger partial charge on any atom is -0.146 e. The number of aryl methyl sites for hydroxylation is 4. The lowest BCUT2D eigenvalue weighted by Crippen LogP contribution is -2.17. The molecule has 0 nitrogen and oxygen atoms in total. The van der Waals surface area contributed by atoms with Crippen LogP contribution in [0.15, 0.2) is 36.4 Å². The van der Waals surface area contributed by atoms with E-state index in [2.05, 4.69) is 75.9 Å². The fraction of sp³-hybridized carbons (Fsp3) is 0.429. The Hall–Kier alpha value is -1.21. The molecule has 1 atom stereocenters. The highest BCUT2D eigenvalue weighted by Crippen LogP contribution is 2.45. The van der Waals surface area contributed by atoms with Crippen molar-refractivity contribution in [2.24, 2.45) is 0 Å². The van der Waals surface area contributed by atoms with Gasteiger partial charge in [-0.25, -0.2) is 0 Å². The highest BCUT2D eigenvalue weighted by Gasteiger charge is 2.30. The molecule has 2 aromatic carbocycles. The maximum absolute atomic E-state index is 2.43. The summed E-state index contributed by atoms with van der Waals surface area (Å²) in [4.78, 5) is 0. The van der Waals surface area contributed by atoms with Gasteiger partial charge in [-0.2, -0.15) is 0 Å². The summed E-state index contributed by atoms with van der Waals surface area (Å²) >= 11 is 2.12. The van der Waals surface area contributed by atoms with Crippen molar-refractivity contribution in [1.29, 1.82) is 0 Å². The second kappa shape index (κ2) is 6.12. The molecule has 1 heterocycles. The highest BCUT2D eigenvalue weighted by atomic mass is 32.2. The lowest BCUT2D eigenvalue weighted by molar-refractivity contribution is 0.624. The minimum atomic E-state index is 0.228. The number of fused-ring (bicyclic) bond motifs is 1. The SMILES string of the molecule is CCc1cccc(C2(C)CCc3cc(C)c(C)cc3CS2)c1. The third kappa shape index (κ3) is 2.96. The molecule has 0 fully saturated rings. The molecule has 3 rings (SSSR count). The second-order valence-corrected chi connectivity index (χ2v) is 8.26. The van der Waals surface area contributed by atoms with Gasteiger partial charge in [0, 0.05) is 10.5 Å². The number of hydrogen-bond donors (Lipinski definition) is 0. The Kier molecular flexibility index (Phi) is 4.36. The van der Waals surface area contributed by atoms with Crippen LogP contribution in [0, 0.1) is 13.8 Å². The van der Waals surface area contributed by atoms with Crippen molar-refractivity contribution < 1.29 is 0 Å². The Morgan fingerprint density at radius 2 is 1.77 bits per heavy atom. The number of hydrogen-bond acceptors (Lipinski definition) is 1. The first kappa shape index (κ1) is 15.7. The molecule has 22 heavy (non-hydrogen) atoms.